The number of rotatable bonds is 3. The fourth-order valence-electron chi connectivity index (χ4n) is 2.84. The van der Waals surface area contributed by atoms with E-state index in [9.17, 15) is 9.59 Å². The summed E-state index contributed by atoms with van der Waals surface area (Å²) in [4.78, 5) is 25.4. The molecule has 6 nitrogen and oxygen atoms in total. The van der Waals surface area contributed by atoms with Crippen molar-refractivity contribution in [1.82, 2.24) is 5.32 Å². The lowest BCUT2D eigenvalue weighted by molar-refractivity contribution is -0.233. The minimum absolute atomic E-state index is 0.451. The van der Waals surface area contributed by atoms with E-state index < -0.39 is 40.5 Å². The molecule has 0 spiro atoms. The molecule has 0 bridgehead atoms. The summed E-state index contributed by atoms with van der Waals surface area (Å²) in [7, 11) is 0. The molecule has 1 aliphatic rings. The summed E-state index contributed by atoms with van der Waals surface area (Å²) in [6.45, 7) is 14.5. The Bertz CT molecular complexity index is 704. The van der Waals surface area contributed by atoms with E-state index in [1.54, 1.807) is 34.6 Å². The van der Waals surface area contributed by atoms with Gasteiger partial charge in [0, 0.05) is 12.3 Å². The zero-order valence-corrected chi connectivity index (χ0v) is 17.5. The predicted octanol–water partition coefficient (Wildman–Crippen LogP) is 4.35. The lowest BCUT2D eigenvalue weighted by Gasteiger charge is -2.38. The molecule has 0 aliphatic carbocycles. The van der Waals surface area contributed by atoms with Gasteiger partial charge in [0.25, 0.3) is 0 Å². The quantitative estimate of drug-likeness (QED) is 0.793. The number of amides is 1. The molecule has 0 saturated carbocycles. The van der Waals surface area contributed by atoms with Gasteiger partial charge < -0.3 is 19.5 Å². The van der Waals surface area contributed by atoms with E-state index in [4.69, 9.17) is 14.2 Å². The molecular weight excluding hydrogens is 346 g/mol. The molecule has 1 amide bonds. The van der Waals surface area contributed by atoms with Crippen molar-refractivity contribution in [2.24, 2.45) is 5.41 Å². The molecule has 1 fully saturated rings. The van der Waals surface area contributed by atoms with Gasteiger partial charge in [-0.15, -0.1) is 0 Å². The molecule has 0 aromatic heterocycles. The van der Waals surface area contributed by atoms with Gasteiger partial charge in [-0.3, -0.25) is 0 Å². The van der Waals surface area contributed by atoms with Crippen LogP contribution in [0.5, 0.6) is 0 Å². The van der Waals surface area contributed by atoms with Crippen LogP contribution in [0.15, 0.2) is 30.3 Å². The SMILES string of the molecule is CC(C)(C)OC(=O)N[C@@H](c1ccccc1)[C@@]1(C)O[C@](C)(C(C)(C)C)OC1=O. The third-order valence-electron chi connectivity index (χ3n) is 4.81. The van der Waals surface area contributed by atoms with Crippen molar-refractivity contribution in [2.45, 2.75) is 78.4 Å². The number of ether oxygens (including phenoxy) is 3. The molecule has 150 valence electrons. The van der Waals surface area contributed by atoms with Crippen LogP contribution in [0.3, 0.4) is 0 Å². The number of nitrogens with one attached hydrogen (secondary N) is 1. The highest BCUT2D eigenvalue weighted by molar-refractivity contribution is 5.84. The molecule has 0 radical (unpaired) electrons. The van der Waals surface area contributed by atoms with Crippen molar-refractivity contribution >= 4 is 12.1 Å². The molecule has 3 atom stereocenters. The van der Waals surface area contributed by atoms with Crippen molar-refractivity contribution in [3.05, 3.63) is 35.9 Å². The van der Waals surface area contributed by atoms with Crippen molar-refractivity contribution in [2.75, 3.05) is 0 Å². The number of alkyl carbamates (subject to hydrolysis) is 1. The van der Waals surface area contributed by atoms with Crippen LogP contribution in [0, 0.1) is 5.41 Å². The molecule has 1 saturated heterocycles. The maximum atomic E-state index is 12.9. The Morgan fingerprint density at radius 3 is 2.07 bits per heavy atom. The Labute approximate surface area is 161 Å². The average Bonchev–Trinajstić information content (AvgIpc) is 2.75. The average molecular weight is 377 g/mol. The minimum atomic E-state index is -1.40. The Kier molecular flexibility index (Phi) is 5.36. The van der Waals surface area contributed by atoms with Crippen LogP contribution in [-0.2, 0) is 19.0 Å². The Hall–Kier alpha value is -2.08. The van der Waals surface area contributed by atoms with E-state index in [0.717, 1.165) is 5.56 Å². The zero-order valence-electron chi connectivity index (χ0n) is 17.5. The Morgan fingerprint density at radius 1 is 1.07 bits per heavy atom. The second-order valence-corrected chi connectivity index (χ2v) is 9.28. The highest BCUT2D eigenvalue weighted by atomic mass is 16.8. The number of carbonyl (C=O) groups is 2. The number of benzene rings is 1. The van der Waals surface area contributed by atoms with Crippen LogP contribution in [-0.4, -0.2) is 29.1 Å². The van der Waals surface area contributed by atoms with E-state index in [1.165, 1.54) is 0 Å². The zero-order chi connectivity index (χ0) is 20.7. The monoisotopic (exact) mass is 377 g/mol. The van der Waals surface area contributed by atoms with Gasteiger partial charge in [-0.25, -0.2) is 9.59 Å². The Morgan fingerprint density at radius 2 is 1.63 bits per heavy atom. The first kappa shape index (κ1) is 21.2. The standard InChI is InChI=1S/C21H31NO5/c1-18(2,3)21(8)25-16(23)20(7,27-21)15(14-12-10-9-11-13-14)22-17(24)26-19(4,5)6/h9-13,15H,1-8H3,(H,22,24)/t15-,20+,21+/m0/s1. The lowest BCUT2D eigenvalue weighted by Crippen LogP contribution is -2.51. The molecule has 1 N–H and O–H groups in total. The highest BCUT2D eigenvalue weighted by Gasteiger charge is 2.61. The van der Waals surface area contributed by atoms with Crippen molar-refractivity contribution < 1.29 is 23.8 Å². The molecule has 1 aromatic carbocycles. The first-order valence-electron chi connectivity index (χ1n) is 9.16. The summed E-state index contributed by atoms with van der Waals surface area (Å²) in [5.74, 6) is -1.65. The molecule has 1 aliphatic heterocycles. The number of esters is 1. The van der Waals surface area contributed by atoms with Crippen LogP contribution in [0.1, 0.15) is 67.0 Å². The smallest absolute Gasteiger partial charge is 0.408 e. The van der Waals surface area contributed by atoms with Crippen LogP contribution >= 0.6 is 0 Å². The van der Waals surface area contributed by atoms with Gasteiger partial charge in [-0.05, 0) is 33.3 Å². The molecular formula is C21H31NO5. The number of cyclic esters (lactones) is 1. The topological polar surface area (TPSA) is 73.9 Å². The van der Waals surface area contributed by atoms with Crippen molar-refractivity contribution in [3.63, 3.8) is 0 Å². The van der Waals surface area contributed by atoms with E-state index in [0.29, 0.717) is 0 Å². The van der Waals surface area contributed by atoms with Gasteiger partial charge in [-0.1, -0.05) is 51.1 Å². The van der Waals surface area contributed by atoms with Gasteiger partial charge >= 0.3 is 12.1 Å². The van der Waals surface area contributed by atoms with Gasteiger partial charge in [0.15, 0.2) is 5.60 Å². The van der Waals surface area contributed by atoms with E-state index in [2.05, 4.69) is 5.32 Å². The second-order valence-electron chi connectivity index (χ2n) is 9.28. The summed E-state index contributed by atoms with van der Waals surface area (Å²) in [5, 5.41) is 2.80. The Balaban J connectivity index is 2.42. The van der Waals surface area contributed by atoms with Crippen LogP contribution < -0.4 is 5.32 Å². The van der Waals surface area contributed by atoms with Crippen LogP contribution in [0.4, 0.5) is 4.79 Å². The fourth-order valence-corrected chi connectivity index (χ4v) is 2.84. The van der Waals surface area contributed by atoms with Gasteiger partial charge in [-0.2, -0.15) is 0 Å². The molecule has 2 rings (SSSR count). The first-order valence-corrected chi connectivity index (χ1v) is 9.16. The summed E-state index contributed by atoms with van der Waals surface area (Å²) < 4.78 is 17.3. The summed E-state index contributed by atoms with van der Waals surface area (Å²) in [6, 6.07) is 8.43. The normalized spacial score (nSPS) is 27.0. The van der Waals surface area contributed by atoms with Crippen LogP contribution in [0.25, 0.3) is 0 Å². The summed E-state index contributed by atoms with van der Waals surface area (Å²) in [5.41, 5.74) is -1.79. The third kappa shape index (κ3) is 4.43. The van der Waals surface area contributed by atoms with Crippen LogP contribution in [0.2, 0.25) is 0 Å². The third-order valence-corrected chi connectivity index (χ3v) is 4.81. The maximum Gasteiger partial charge on any atom is 0.408 e. The number of hydrogen-bond acceptors (Lipinski definition) is 5. The predicted molar refractivity (Wildman–Crippen MR) is 102 cm³/mol. The molecule has 27 heavy (non-hydrogen) atoms. The van der Waals surface area contributed by atoms with Crippen molar-refractivity contribution in [3.8, 4) is 0 Å². The number of hydrogen-bond donors (Lipinski definition) is 1. The second kappa shape index (κ2) is 6.82. The summed E-state index contributed by atoms with van der Waals surface area (Å²) in [6.07, 6.45) is -0.627. The first-order chi connectivity index (χ1) is 12.2. The molecule has 1 heterocycles. The molecule has 6 heteroatoms. The lowest BCUT2D eigenvalue weighted by atomic mass is 9.86. The fraction of sp³-hybridized carbons (Fsp3) is 0.619. The summed E-state index contributed by atoms with van der Waals surface area (Å²) >= 11 is 0. The molecule has 1 aromatic rings. The largest absolute Gasteiger partial charge is 0.444 e. The maximum absolute atomic E-state index is 12.9. The van der Waals surface area contributed by atoms with E-state index >= 15 is 0 Å². The van der Waals surface area contributed by atoms with Gasteiger partial charge in [0.1, 0.15) is 5.60 Å². The van der Waals surface area contributed by atoms with E-state index in [-0.39, 0.29) is 0 Å². The number of carbonyl (C=O) groups excluding carboxylic acids is 2. The minimum Gasteiger partial charge on any atom is -0.444 e. The van der Waals surface area contributed by atoms with Crippen molar-refractivity contribution in [1.29, 1.82) is 0 Å². The van der Waals surface area contributed by atoms with Gasteiger partial charge in [0.2, 0.25) is 5.79 Å². The highest BCUT2D eigenvalue weighted by Crippen LogP contribution is 2.48. The van der Waals surface area contributed by atoms with Gasteiger partial charge in [0.05, 0.1) is 6.04 Å². The molecule has 0 unspecified atom stereocenters. The van der Waals surface area contributed by atoms with E-state index in [1.807, 2.05) is 51.1 Å².